The van der Waals surface area contributed by atoms with Crippen molar-refractivity contribution in [2.24, 2.45) is 5.92 Å². The summed E-state index contributed by atoms with van der Waals surface area (Å²) < 4.78 is 38.5. The molecular weight excluding hydrogens is 393 g/mol. The van der Waals surface area contributed by atoms with Gasteiger partial charge in [0.05, 0.1) is 17.0 Å². The molecule has 1 aliphatic rings. The number of hydrogen-bond acceptors (Lipinski definition) is 5. The predicted molar refractivity (Wildman–Crippen MR) is 99.3 cm³/mol. The highest BCUT2D eigenvalue weighted by Gasteiger charge is 2.34. The molecule has 2 rings (SSSR count). The summed E-state index contributed by atoms with van der Waals surface area (Å²) in [5, 5.41) is 16.5. The van der Waals surface area contributed by atoms with Crippen LogP contribution in [0.25, 0.3) is 0 Å². The molecule has 1 saturated heterocycles. The van der Waals surface area contributed by atoms with Gasteiger partial charge in [0.25, 0.3) is 5.69 Å². The van der Waals surface area contributed by atoms with Crippen molar-refractivity contribution in [1.29, 1.82) is 0 Å². The number of benzene rings is 1. The van der Waals surface area contributed by atoms with Gasteiger partial charge in [0.1, 0.15) is 5.69 Å². The van der Waals surface area contributed by atoms with Crippen LogP contribution in [0.3, 0.4) is 0 Å². The minimum absolute atomic E-state index is 0.0397. The second-order valence-corrected chi connectivity index (χ2v) is 7.16. The van der Waals surface area contributed by atoms with Crippen LogP contribution in [0.2, 0.25) is 0 Å². The molecule has 1 fully saturated rings. The van der Waals surface area contributed by atoms with Crippen LogP contribution in [0.5, 0.6) is 0 Å². The molecule has 0 aromatic heterocycles. The lowest BCUT2D eigenvalue weighted by atomic mass is 9.95. The zero-order valence-electron chi connectivity index (χ0n) is 16.1. The van der Waals surface area contributed by atoms with Crippen molar-refractivity contribution in [1.82, 2.24) is 10.6 Å². The molecular formula is C18H23F3N4O4. The van der Waals surface area contributed by atoms with Crippen molar-refractivity contribution in [2.75, 3.05) is 24.5 Å². The highest BCUT2D eigenvalue weighted by atomic mass is 19.4. The van der Waals surface area contributed by atoms with Gasteiger partial charge in [-0.1, -0.05) is 0 Å². The average Bonchev–Trinajstić information content (AvgIpc) is 2.64. The largest absolute Gasteiger partial charge is 0.416 e. The number of carbonyl (C=O) groups is 2. The lowest BCUT2D eigenvalue weighted by molar-refractivity contribution is -0.384. The molecule has 0 radical (unpaired) electrons. The fourth-order valence-electron chi connectivity index (χ4n) is 3.18. The molecule has 0 bridgehead atoms. The molecule has 0 saturated carbocycles. The second kappa shape index (κ2) is 9.10. The van der Waals surface area contributed by atoms with Crippen LogP contribution < -0.4 is 15.5 Å². The molecule has 0 atom stereocenters. The number of anilines is 1. The van der Waals surface area contributed by atoms with Crippen LogP contribution in [0.1, 0.15) is 32.3 Å². The highest BCUT2D eigenvalue weighted by Crippen LogP contribution is 2.37. The van der Waals surface area contributed by atoms with Gasteiger partial charge in [0.15, 0.2) is 0 Å². The first kappa shape index (κ1) is 22.4. The third-order valence-electron chi connectivity index (χ3n) is 4.58. The molecule has 0 unspecified atom stereocenters. The Kier molecular flexibility index (Phi) is 7.04. The molecule has 1 heterocycles. The summed E-state index contributed by atoms with van der Waals surface area (Å²) in [6, 6.07) is 2.40. The van der Waals surface area contributed by atoms with Crippen LogP contribution in [0.15, 0.2) is 18.2 Å². The lowest BCUT2D eigenvalue weighted by Gasteiger charge is -2.32. The van der Waals surface area contributed by atoms with E-state index in [1.165, 1.54) is 0 Å². The van der Waals surface area contributed by atoms with Crippen molar-refractivity contribution in [3.63, 3.8) is 0 Å². The summed E-state index contributed by atoms with van der Waals surface area (Å²) in [6.45, 7) is 4.03. The van der Waals surface area contributed by atoms with Crippen molar-refractivity contribution < 1.29 is 27.7 Å². The Labute approximate surface area is 165 Å². The molecule has 0 spiro atoms. The maximum atomic E-state index is 12.8. The van der Waals surface area contributed by atoms with Gasteiger partial charge in [-0.25, -0.2) is 0 Å². The van der Waals surface area contributed by atoms with E-state index in [4.69, 9.17) is 0 Å². The van der Waals surface area contributed by atoms with E-state index in [1.807, 2.05) is 0 Å². The molecule has 8 nitrogen and oxygen atoms in total. The molecule has 160 valence electrons. The van der Waals surface area contributed by atoms with E-state index >= 15 is 0 Å². The number of halogens is 3. The topological polar surface area (TPSA) is 105 Å². The Morgan fingerprint density at radius 2 is 1.90 bits per heavy atom. The molecule has 2 amide bonds. The normalized spacial score (nSPS) is 15.3. The first-order valence-electron chi connectivity index (χ1n) is 9.16. The second-order valence-electron chi connectivity index (χ2n) is 7.16. The van der Waals surface area contributed by atoms with E-state index in [-0.39, 0.29) is 49.1 Å². The number of hydrogen-bond donors (Lipinski definition) is 2. The monoisotopic (exact) mass is 416 g/mol. The third-order valence-corrected chi connectivity index (χ3v) is 4.58. The first-order valence-corrected chi connectivity index (χ1v) is 9.16. The van der Waals surface area contributed by atoms with E-state index < -0.39 is 22.4 Å². The van der Waals surface area contributed by atoms with Crippen molar-refractivity contribution >= 4 is 23.2 Å². The molecule has 0 aliphatic carbocycles. The number of alkyl halides is 3. The minimum atomic E-state index is -4.67. The van der Waals surface area contributed by atoms with E-state index in [1.54, 1.807) is 18.7 Å². The van der Waals surface area contributed by atoms with Crippen LogP contribution in [0, 0.1) is 16.0 Å². The van der Waals surface area contributed by atoms with Crippen molar-refractivity contribution in [2.45, 2.75) is 38.9 Å². The van der Waals surface area contributed by atoms with Gasteiger partial charge in [0.2, 0.25) is 11.8 Å². The van der Waals surface area contributed by atoms with Crippen molar-refractivity contribution in [3.8, 4) is 0 Å². The summed E-state index contributed by atoms with van der Waals surface area (Å²) in [6.07, 6.45) is -3.93. The fraction of sp³-hybridized carbons (Fsp3) is 0.556. The van der Waals surface area contributed by atoms with Gasteiger partial charge >= 0.3 is 6.18 Å². The number of piperidine rings is 1. The van der Waals surface area contributed by atoms with Gasteiger partial charge in [-0.2, -0.15) is 13.2 Å². The maximum absolute atomic E-state index is 12.8. The Balaban J connectivity index is 1.99. The molecule has 2 N–H and O–H groups in total. The summed E-state index contributed by atoms with van der Waals surface area (Å²) in [7, 11) is 0. The van der Waals surface area contributed by atoms with Gasteiger partial charge < -0.3 is 15.5 Å². The number of rotatable bonds is 6. The highest BCUT2D eigenvalue weighted by molar-refractivity contribution is 5.86. The van der Waals surface area contributed by atoms with Crippen LogP contribution >= 0.6 is 0 Å². The number of nitrogens with one attached hydrogen (secondary N) is 2. The molecule has 1 aliphatic heterocycles. The predicted octanol–water partition coefficient (Wildman–Crippen LogP) is 2.47. The smallest absolute Gasteiger partial charge is 0.366 e. The molecule has 29 heavy (non-hydrogen) atoms. The zero-order valence-corrected chi connectivity index (χ0v) is 16.1. The number of nitro benzene ring substituents is 1. The van der Waals surface area contributed by atoms with E-state index in [0.29, 0.717) is 18.9 Å². The summed E-state index contributed by atoms with van der Waals surface area (Å²) >= 11 is 0. The molecule has 1 aromatic carbocycles. The van der Waals surface area contributed by atoms with Gasteiger partial charge in [-0.3, -0.25) is 19.7 Å². The number of nitro groups is 1. The lowest BCUT2D eigenvalue weighted by Crippen LogP contribution is -2.44. The molecule has 11 heteroatoms. The van der Waals surface area contributed by atoms with Crippen LogP contribution in [0.4, 0.5) is 24.5 Å². The molecule has 1 aromatic rings. The minimum Gasteiger partial charge on any atom is -0.366 e. The van der Waals surface area contributed by atoms with Crippen LogP contribution in [-0.4, -0.2) is 42.4 Å². The number of carbonyl (C=O) groups excluding carboxylic acids is 2. The zero-order chi connectivity index (χ0) is 21.8. The Bertz CT molecular complexity index is 775. The maximum Gasteiger partial charge on any atom is 0.416 e. The standard InChI is InChI=1S/C18H23F3N4O4/c1-11(2)23-16(26)10-22-17(27)12-5-7-24(8-6-12)14-4-3-13(18(19,20)21)9-15(14)25(28)29/h3-4,9,11-12H,5-8,10H2,1-2H3,(H,22,27)(H,23,26). The third kappa shape index (κ3) is 6.06. The quantitative estimate of drug-likeness (QED) is 0.548. The first-order chi connectivity index (χ1) is 13.5. The van der Waals surface area contributed by atoms with E-state index in [0.717, 1.165) is 12.1 Å². The Morgan fingerprint density at radius 3 is 2.41 bits per heavy atom. The van der Waals surface area contributed by atoms with E-state index in [9.17, 15) is 32.9 Å². The van der Waals surface area contributed by atoms with Gasteiger partial charge in [-0.15, -0.1) is 0 Å². The number of nitrogens with zero attached hydrogens (tertiary/aromatic N) is 2. The van der Waals surface area contributed by atoms with Gasteiger partial charge in [0, 0.05) is 31.1 Å². The van der Waals surface area contributed by atoms with Crippen molar-refractivity contribution in [3.05, 3.63) is 33.9 Å². The number of amides is 2. The fourth-order valence-corrected chi connectivity index (χ4v) is 3.18. The summed E-state index contributed by atoms with van der Waals surface area (Å²) in [4.78, 5) is 35.8. The van der Waals surface area contributed by atoms with Crippen LogP contribution in [-0.2, 0) is 15.8 Å². The Hall–Kier alpha value is -2.85. The average molecular weight is 416 g/mol. The van der Waals surface area contributed by atoms with Gasteiger partial charge in [-0.05, 0) is 38.8 Å². The van der Waals surface area contributed by atoms with E-state index in [2.05, 4.69) is 10.6 Å². The summed E-state index contributed by atoms with van der Waals surface area (Å²) in [5.41, 5.74) is -1.60. The SMILES string of the molecule is CC(C)NC(=O)CNC(=O)C1CCN(c2ccc(C(F)(F)F)cc2[N+](=O)[O-])CC1. The summed E-state index contributed by atoms with van der Waals surface area (Å²) in [5.74, 6) is -0.955. The Morgan fingerprint density at radius 1 is 1.28 bits per heavy atom.